The van der Waals surface area contributed by atoms with Crippen molar-refractivity contribution < 1.29 is 23.3 Å². The van der Waals surface area contributed by atoms with Crippen molar-refractivity contribution in [2.24, 2.45) is 5.41 Å². The summed E-state index contributed by atoms with van der Waals surface area (Å²) in [7, 11) is 3.27. The molecule has 4 heterocycles. The summed E-state index contributed by atoms with van der Waals surface area (Å²) >= 11 is 0. The van der Waals surface area contributed by atoms with Gasteiger partial charge in [-0.05, 0) is 63.6 Å². The monoisotopic (exact) mass is 597 g/mol. The van der Waals surface area contributed by atoms with Crippen LogP contribution in [-0.2, 0) is 4.74 Å². The number of nitrogens with zero attached hydrogens (tertiary/aromatic N) is 4. The lowest BCUT2D eigenvalue weighted by atomic mass is 9.75. The molecule has 0 atom stereocenters. The topological polar surface area (TPSA) is 94.6 Å². The molecule has 4 aromatic rings. The number of rotatable bonds is 12. The molecule has 1 aliphatic heterocycles. The number of fused-ring (bicyclic) bond motifs is 2. The number of methoxy groups -OCH3 is 2. The van der Waals surface area contributed by atoms with Gasteiger partial charge in [0.1, 0.15) is 12.0 Å². The van der Waals surface area contributed by atoms with Crippen molar-refractivity contribution in [2.75, 3.05) is 47.1 Å². The fraction of sp³-hybridized carbons (Fsp3) is 0.545. The Labute approximate surface area is 255 Å². The smallest absolute Gasteiger partial charge is 0.230 e. The third-order valence-electron chi connectivity index (χ3n) is 7.82. The lowest BCUT2D eigenvalue weighted by molar-refractivity contribution is -0.00709. The van der Waals surface area contributed by atoms with Crippen LogP contribution >= 0.6 is 0 Å². The maximum absolute atomic E-state index is 15.1. The molecule has 1 saturated heterocycles. The number of nitrogens with one attached hydrogen (secondary N) is 1. The number of likely N-dealkylation sites (tertiary alicyclic amines) is 1. The van der Waals surface area contributed by atoms with Crippen LogP contribution in [0.2, 0.25) is 0 Å². The zero-order valence-electron chi connectivity index (χ0n) is 27.1. The summed E-state index contributed by atoms with van der Waals surface area (Å²) in [5.74, 6) is 0.855. The van der Waals surface area contributed by atoms with E-state index in [9.17, 15) is 0 Å². The molecule has 9 nitrogen and oxygen atoms in total. The van der Waals surface area contributed by atoms with Crippen LogP contribution in [0.25, 0.3) is 21.9 Å². The zero-order chi connectivity index (χ0) is 31.4. The lowest BCUT2D eigenvalue weighted by Crippen LogP contribution is -2.55. The number of hydrogen-bond acceptors (Lipinski definition) is 8. The number of pyridine rings is 1. The summed E-state index contributed by atoms with van der Waals surface area (Å²) in [5.41, 5.74) is 2.44. The second-order valence-electron chi connectivity index (χ2n) is 10.5. The molecule has 43 heavy (non-hydrogen) atoms. The van der Waals surface area contributed by atoms with Gasteiger partial charge in [0, 0.05) is 38.6 Å². The van der Waals surface area contributed by atoms with Crippen LogP contribution in [0, 0.1) is 18.2 Å². The van der Waals surface area contributed by atoms with Gasteiger partial charge >= 0.3 is 0 Å². The maximum atomic E-state index is 15.1. The molecule has 0 radical (unpaired) electrons. The number of halogens is 1. The van der Waals surface area contributed by atoms with Crippen LogP contribution in [-0.4, -0.2) is 71.9 Å². The quantitative estimate of drug-likeness (QED) is 0.166. The van der Waals surface area contributed by atoms with Gasteiger partial charge in [-0.2, -0.15) is 0 Å². The number of hydrogen-bond donors (Lipinski definition) is 1. The van der Waals surface area contributed by atoms with E-state index in [0.717, 1.165) is 31.7 Å². The van der Waals surface area contributed by atoms with Gasteiger partial charge in [-0.15, -0.1) is 0 Å². The third kappa shape index (κ3) is 8.32. The second kappa shape index (κ2) is 16.4. The molecule has 1 aliphatic rings. The van der Waals surface area contributed by atoms with Crippen LogP contribution < -0.4 is 14.2 Å². The fourth-order valence-corrected chi connectivity index (χ4v) is 5.10. The molecule has 1 fully saturated rings. The van der Waals surface area contributed by atoms with E-state index in [1.807, 2.05) is 33.8 Å². The number of H-pyrrole nitrogens is 1. The first kappa shape index (κ1) is 34.0. The van der Waals surface area contributed by atoms with Gasteiger partial charge in [0.25, 0.3) is 0 Å². The highest BCUT2D eigenvalue weighted by Crippen LogP contribution is 2.38. The van der Waals surface area contributed by atoms with Crippen molar-refractivity contribution in [3.8, 4) is 23.1 Å². The van der Waals surface area contributed by atoms with E-state index < -0.39 is 5.82 Å². The molecular formula is C33H48FN5O4. The van der Waals surface area contributed by atoms with Crippen molar-refractivity contribution in [3.63, 3.8) is 0 Å². The summed E-state index contributed by atoms with van der Waals surface area (Å²) in [6.07, 6.45) is 7.29. The van der Waals surface area contributed by atoms with Gasteiger partial charge in [0.15, 0.2) is 23.1 Å². The fourth-order valence-electron chi connectivity index (χ4n) is 5.10. The molecule has 3 aromatic heterocycles. The number of aromatic amines is 1. The van der Waals surface area contributed by atoms with E-state index in [0.29, 0.717) is 45.5 Å². The Balaban J connectivity index is 0.000000780. The van der Waals surface area contributed by atoms with Crippen LogP contribution in [0.3, 0.4) is 0 Å². The van der Waals surface area contributed by atoms with Gasteiger partial charge in [-0.3, -0.25) is 0 Å². The molecule has 0 aliphatic carbocycles. The van der Waals surface area contributed by atoms with Crippen LogP contribution in [0.5, 0.6) is 23.1 Å². The number of benzene rings is 1. The van der Waals surface area contributed by atoms with Gasteiger partial charge in [-0.1, -0.05) is 27.7 Å². The molecule has 0 saturated carbocycles. The SMILES string of the molecule is CC.CCC1(CC)CN(CCCCOc2cc3ncnc(Oc4cnc5[nH]c(C)cc5c4F)c3cc2OC)C1.CCOC. The van der Waals surface area contributed by atoms with Gasteiger partial charge < -0.3 is 28.8 Å². The molecule has 236 valence electrons. The first-order valence-corrected chi connectivity index (χ1v) is 15.3. The Kier molecular flexibility index (Phi) is 12.9. The summed E-state index contributed by atoms with van der Waals surface area (Å²) in [6.45, 7) is 17.3. The highest BCUT2D eigenvalue weighted by Gasteiger charge is 2.38. The summed E-state index contributed by atoms with van der Waals surface area (Å²) in [6, 6.07) is 5.27. The molecule has 10 heteroatoms. The second-order valence-corrected chi connectivity index (χ2v) is 10.5. The van der Waals surface area contributed by atoms with Crippen LogP contribution in [0.1, 0.15) is 66.0 Å². The van der Waals surface area contributed by atoms with E-state index >= 15 is 4.39 Å². The minimum absolute atomic E-state index is 0.0110. The van der Waals surface area contributed by atoms with E-state index in [2.05, 4.69) is 43.4 Å². The maximum Gasteiger partial charge on any atom is 0.230 e. The van der Waals surface area contributed by atoms with Crippen LogP contribution in [0.15, 0.2) is 30.7 Å². The number of aromatic nitrogens is 4. The number of unbranched alkanes of at least 4 members (excludes halogenated alkanes) is 1. The number of ether oxygens (including phenoxy) is 4. The average Bonchev–Trinajstić information content (AvgIpc) is 3.41. The Bertz CT molecular complexity index is 1430. The van der Waals surface area contributed by atoms with E-state index in [1.165, 1.54) is 38.5 Å². The largest absolute Gasteiger partial charge is 0.493 e. The molecule has 1 aromatic carbocycles. The third-order valence-corrected chi connectivity index (χ3v) is 7.82. The molecule has 0 unspecified atom stereocenters. The molecule has 1 N–H and O–H groups in total. The van der Waals surface area contributed by atoms with Crippen molar-refractivity contribution in [1.82, 2.24) is 24.8 Å². The van der Waals surface area contributed by atoms with Crippen molar-refractivity contribution in [3.05, 3.63) is 42.2 Å². The van der Waals surface area contributed by atoms with Gasteiger partial charge in [0.05, 0.1) is 36.2 Å². The van der Waals surface area contributed by atoms with E-state index in [-0.39, 0.29) is 11.6 Å². The van der Waals surface area contributed by atoms with Crippen molar-refractivity contribution in [2.45, 2.75) is 67.2 Å². The van der Waals surface area contributed by atoms with Gasteiger partial charge in [-0.25, -0.2) is 19.3 Å². The molecule has 5 rings (SSSR count). The first-order chi connectivity index (χ1) is 20.9. The summed E-state index contributed by atoms with van der Waals surface area (Å²) in [5, 5.41) is 0.954. The Morgan fingerprint density at radius 3 is 2.30 bits per heavy atom. The predicted octanol–water partition coefficient (Wildman–Crippen LogP) is 7.71. The lowest BCUT2D eigenvalue weighted by Gasteiger charge is -2.50. The van der Waals surface area contributed by atoms with E-state index in [1.54, 1.807) is 26.4 Å². The minimum atomic E-state index is -0.499. The van der Waals surface area contributed by atoms with Crippen LogP contribution in [0.4, 0.5) is 4.39 Å². The normalized spacial score (nSPS) is 13.9. The minimum Gasteiger partial charge on any atom is -0.493 e. The van der Waals surface area contributed by atoms with Crippen molar-refractivity contribution >= 4 is 21.9 Å². The summed E-state index contributed by atoms with van der Waals surface area (Å²) < 4.78 is 37.1. The highest BCUT2D eigenvalue weighted by atomic mass is 19.1. The van der Waals surface area contributed by atoms with Crippen molar-refractivity contribution in [1.29, 1.82) is 0 Å². The molecular weight excluding hydrogens is 549 g/mol. The standard InChI is InChI=1S/C28H34FN5O3.C3H8O.C2H6/c1-5-28(6-2)15-34(16-28)9-7-8-10-36-23-13-21-19(12-22(23)35-4)27(32-17-31-21)37-24-14-30-26-20(25(24)29)11-18(3)33-26;1-3-4-2;1-2/h11-14,17H,5-10,15-16H2,1-4H3,(H,30,33);3H2,1-2H3;1-2H3. The predicted molar refractivity (Wildman–Crippen MR) is 170 cm³/mol. The highest BCUT2D eigenvalue weighted by molar-refractivity contribution is 5.87. The van der Waals surface area contributed by atoms with E-state index in [4.69, 9.17) is 14.2 Å². The Hall–Kier alpha value is -3.50. The molecule has 0 spiro atoms. The summed E-state index contributed by atoms with van der Waals surface area (Å²) in [4.78, 5) is 18.4. The molecule has 0 bridgehead atoms. The Morgan fingerprint density at radius 2 is 1.65 bits per heavy atom. The Morgan fingerprint density at radius 1 is 0.930 bits per heavy atom. The van der Waals surface area contributed by atoms with Gasteiger partial charge in [0.2, 0.25) is 5.88 Å². The average molecular weight is 598 g/mol. The first-order valence-electron chi connectivity index (χ1n) is 15.3. The number of aryl methyl sites for hydroxylation is 1. The zero-order valence-corrected chi connectivity index (χ0v) is 27.1. The molecule has 0 amide bonds.